The van der Waals surface area contributed by atoms with Crippen LogP contribution >= 0.6 is 24.0 Å². The number of aryl methyl sites for hydroxylation is 2. The number of nitrogens with one attached hydrogen (secondary N) is 1. The molecule has 0 amide bonds. The Bertz CT molecular complexity index is 770. The summed E-state index contributed by atoms with van der Waals surface area (Å²) in [7, 11) is 1.70. The summed E-state index contributed by atoms with van der Waals surface area (Å²) in [6, 6.07) is 2.00. The maximum absolute atomic E-state index is 5.17. The molecule has 11 heteroatoms. The maximum Gasteiger partial charge on any atom is 0.194 e. The van der Waals surface area contributed by atoms with E-state index in [2.05, 4.69) is 42.0 Å². The van der Waals surface area contributed by atoms with E-state index >= 15 is 0 Å². The number of rotatable bonds is 9. The Kier molecular flexibility index (Phi) is 10.5. The molecule has 3 rings (SSSR count). The van der Waals surface area contributed by atoms with Crippen molar-refractivity contribution < 1.29 is 9.26 Å². The highest BCUT2D eigenvalue weighted by Crippen LogP contribution is 2.09. The normalized spacial score (nSPS) is 15.3. The van der Waals surface area contributed by atoms with E-state index in [0.29, 0.717) is 13.2 Å². The molecule has 0 atom stereocenters. The SMILES string of the molecule is CCc1nncn1CCNC(=NCCOC)N1CCN(Cc2cc(C)on2)CC1.I. The molecule has 1 fully saturated rings. The van der Waals surface area contributed by atoms with E-state index in [1.54, 1.807) is 13.4 Å². The van der Waals surface area contributed by atoms with Crippen LogP contribution in [0.15, 0.2) is 21.9 Å². The second-order valence-electron chi connectivity index (χ2n) is 7.11. The lowest BCUT2D eigenvalue weighted by atomic mass is 10.3. The van der Waals surface area contributed by atoms with Gasteiger partial charge in [0.05, 0.1) is 18.8 Å². The third kappa shape index (κ3) is 7.20. The summed E-state index contributed by atoms with van der Waals surface area (Å²) in [6.07, 6.45) is 2.66. The Labute approximate surface area is 195 Å². The first-order valence-electron chi connectivity index (χ1n) is 10.2. The predicted molar refractivity (Wildman–Crippen MR) is 125 cm³/mol. The van der Waals surface area contributed by atoms with E-state index in [9.17, 15) is 0 Å². The smallest absolute Gasteiger partial charge is 0.194 e. The number of hydrogen-bond donors (Lipinski definition) is 1. The lowest BCUT2D eigenvalue weighted by Crippen LogP contribution is -2.52. The number of ether oxygens (including phenoxy) is 1. The maximum atomic E-state index is 5.17. The number of hydrogen-bond acceptors (Lipinski definition) is 7. The molecular formula is C19H33IN8O2. The van der Waals surface area contributed by atoms with Gasteiger partial charge in [-0.1, -0.05) is 12.1 Å². The average Bonchev–Trinajstić information content (AvgIpc) is 3.36. The molecule has 0 radical (unpaired) electrons. The number of aliphatic imine (C=N–C) groups is 1. The van der Waals surface area contributed by atoms with Gasteiger partial charge in [-0.15, -0.1) is 34.2 Å². The molecule has 1 saturated heterocycles. The van der Waals surface area contributed by atoms with Gasteiger partial charge in [-0.05, 0) is 6.92 Å². The zero-order chi connectivity index (χ0) is 20.5. The molecule has 1 aliphatic rings. The van der Waals surface area contributed by atoms with Crippen LogP contribution in [0.5, 0.6) is 0 Å². The molecule has 0 unspecified atom stereocenters. The molecule has 1 N–H and O–H groups in total. The lowest BCUT2D eigenvalue weighted by Gasteiger charge is -2.36. The van der Waals surface area contributed by atoms with Gasteiger partial charge in [0.15, 0.2) is 5.96 Å². The molecule has 2 aromatic heterocycles. The molecular weight excluding hydrogens is 499 g/mol. The summed E-state index contributed by atoms with van der Waals surface area (Å²) in [6.45, 7) is 11.4. The van der Waals surface area contributed by atoms with Crippen LogP contribution < -0.4 is 5.32 Å². The number of guanidine groups is 1. The molecule has 0 saturated carbocycles. The van der Waals surface area contributed by atoms with Crippen molar-refractivity contribution in [1.82, 2.24) is 35.0 Å². The molecule has 0 bridgehead atoms. The van der Waals surface area contributed by atoms with Crippen molar-refractivity contribution in [3.63, 3.8) is 0 Å². The van der Waals surface area contributed by atoms with Gasteiger partial charge in [-0.3, -0.25) is 9.89 Å². The third-order valence-electron chi connectivity index (χ3n) is 4.94. The van der Waals surface area contributed by atoms with Crippen LogP contribution in [0.3, 0.4) is 0 Å². The van der Waals surface area contributed by atoms with Gasteiger partial charge >= 0.3 is 0 Å². The highest BCUT2D eigenvalue weighted by molar-refractivity contribution is 14.0. The average molecular weight is 532 g/mol. The van der Waals surface area contributed by atoms with Crippen molar-refractivity contribution in [3.8, 4) is 0 Å². The van der Waals surface area contributed by atoms with Gasteiger partial charge in [0.2, 0.25) is 0 Å². The molecule has 2 aromatic rings. The zero-order valence-corrected chi connectivity index (χ0v) is 20.4. The Morgan fingerprint density at radius 2 is 2.10 bits per heavy atom. The van der Waals surface area contributed by atoms with Crippen molar-refractivity contribution in [2.24, 2.45) is 4.99 Å². The summed E-state index contributed by atoms with van der Waals surface area (Å²) in [5.41, 5.74) is 0.990. The van der Waals surface area contributed by atoms with Gasteiger partial charge in [-0.25, -0.2) is 0 Å². The Morgan fingerprint density at radius 1 is 1.30 bits per heavy atom. The van der Waals surface area contributed by atoms with Crippen molar-refractivity contribution in [1.29, 1.82) is 0 Å². The minimum Gasteiger partial charge on any atom is -0.383 e. The van der Waals surface area contributed by atoms with Crippen LogP contribution in [0.4, 0.5) is 0 Å². The van der Waals surface area contributed by atoms with Gasteiger partial charge in [0.25, 0.3) is 0 Å². The molecule has 0 aromatic carbocycles. The summed E-state index contributed by atoms with van der Waals surface area (Å²) in [4.78, 5) is 9.44. The molecule has 10 nitrogen and oxygen atoms in total. The first-order chi connectivity index (χ1) is 14.2. The van der Waals surface area contributed by atoms with E-state index in [-0.39, 0.29) is 24.0 Å². The second-order valence-corrected chi connectivity index (χ2v) is 7.11. The van der Waals surface area contributed by atoms with Gasteiger partial charge in [-0.2, -0.15) is 0 Å². The van der Waals surface area contributed by atoms with E-state index in [0.717, 1.165) is 75.5 Å². The fourth-order valence-corrected chi connectivity index (χ4v) is 3.38. The van der Waals surface area contributed by atoms with Crippen LogP contribution in [0.25, 0.3) is 0 Å². The van der Waals surface area contributed by atoms with Crippen molar-refractivity contribution in [3.05, 3.63) is 29.7 Å². The predicted octanol–water partition coefficient (Wildman–Crippen LogP) is 1.16. The Hall–Kier alpha value is -1.73. The summed E-state index contributed by atoms with van der Waals surface area (Å²) in [5, 5.41) is 15.7. The van der Waals surface area contributed by atoms with E-state index in [1.807, 2.05) is 13.0 Å². The molecule has 3 heterocycles. The number of aromatic nitrogens is 4. The first-order valence-corrected chi connectivity index (χ1v) is 10.2. The molecule has 0 aliphatic carbocycles. The molecule has 0 spiro atoms. The van der Waals surface area contributed by atoms with Crippen LogP contribution in [-0.2, 0) is 24.2 Å². The molecule has 168 valence electrons. The molecule has 30 heavy (non-hydrogen) atoms. The highest BCUT2D eigenvalue weighted by atomic mass is 127. The van der Waals surface area contributed by atoms with Crippen LogP contribution in [-0.4, -0.2) is 88.7 Å². The van der Waals surface area contributed by atoms with Crippen LogP contribution in [0.1, 0.15) is 24.2 Å². The van der Waals surface area contributed by atoms with Crippen molar-refractivity contribution in [2.75, 3.05) is 53.0 Å². The van der Waals surface area contributed by atoms with Gasteiger partial charge < -0.3 is 24.0 Å². The summed E-state index contributed by atoms with van der Waals surface area (Å²) in [5.74, 6) is 2.79. The minimum atomic E-state index is 0. The molecule has 1 aliphatic heterocycles. The monoisotopic (exact) mass is 532 g/mol. The summed E-state index contributed by atoms with van der Waals surface area (Å²) < 4.78 is 12.4. The summed E-state index contributed by atoms with van der Waals surface area (Å²) >= 11 is 0. The standard InChI is InChI=1S/C19H32N8O2.HI/c1-4-18-23-22-15-27(18)7-5-20-19(21-6-12-28-3)26-10-8-25(9-11-26)14-17-13-16(2)29-24-17;/h13,15H,4-12,14H2,1-3H3,(H,20,21);1H. The van der Waals surface area contributed by atoms with E-state index < -0.39 is 0 Å². The largest absolute Gasteiger partial charge is 0.383 e. The number of methoxy groups -OCH3 is 1. The quantitative estimate of drug-likeness (QED) is 0.223. The Balaban J connectivity index is 0.00000320. The third-order valence-corrected chi connectivity index (χ3v) is 4.94. The number of halogens is 1. The number of nitrogens with zero attached hydrogens (tertiary/aromatic N) is 7. The highest BCUT2D eigenvalue weighted by Gasteiger charge is 2.20. The topological polar surface area (TPSA) is 96.8 Å². The van der Waals surface area contributed by atoms with Crippen LogP contribution in [0.2, 0.25) is 0 Å². The van der Waals surface area contributed by atoms with Crippen LogP contribution in [0, 0.1) is 6.92 Å². The van der Waals surface area contributed by atoms with Gasteiger partial charge in [0.1, 0.15) is 17.9 Å². The van der Waals surface area contributed by atoms with E-state index in [4.69, 9.17) is 14.3 Å². The minimum absolute atomic E-state index is 0. The number of piperazine rings is 1. The van der Waals surface area contributed by atoms with Gasteiger partial charge in [0, 0.05) is 65.4 Å². The fraction of sp³-hybridized carbons (Fsp3) is 0.684. The van der Waals surface area contributed by atoms with Crippen molar-refractivity contribution in [2.45, 2.75) is 33.4 Å². The zero-order valence-electron chi connectivity index (χ0n) is 18.1. The van der Waals surface area contributed by atoms with Crippen molar-refractivity contribution >= 4 is 29.9 Å². The fourth-order valence-electron chi connectivity index (χ4n) is 3.38. The Morgan fingerprint density at radius 3 is 2.77 bits per heavy atom. The second kappa shape index (κ2) is 12.8. The van der Waals surface area contributed by atoms with E-state index in [1.165, 1.54) is 0 Å². The lowest BCUT2D eigenvalue weighted by molar-refractivity contribution is 0.168. The first kappa shape index (κ1) is 24.5.